The minimum absolute atomic E-state index is 0.991. The Bertz CT molecular complexity index is 352. The van der Waals surface area contributed by atoms with E-state index < -0.39 is 0 Å². The first-order chi connectivity index (χ1) is 7.69. The number of hydrogen-bond acceptors (Lipinski definition) is 1. The Morgan fingerprint density at radius 1 is 1.25 bits per heavy atom. The summed E-state index contributed by atoms with van der Waals surface area (Å²) < 4.78 is 0. The normalized spacial score (nSPS) is 15.8. The van der Waals surface area contributed by atoms with Crippen LogP contribution in [0.1, 0.15) is 36.5 Å². The zero-order valence-corrected chi connectivity index (χ0v) is 10.8. The first kappa shape index (κ1) is 11.7. The predicted molar refractivity (Wildman–Crippen MR) is 69.6 cm³/mol. The molecule has 0 aliphatic heterocycles. The third-order valence-corrected chi connectivity index (χ3v) is 3.56. The van der Waals surface area contributed by atoms with Gasteiger partial charge in [0.25, 0.3) is 0 Å². The Kier molecular flexibility index (Phi) is 3.65. The van der Waals surface area contributed by atoms with Crippen molar-refractivity contribution in [2.75, 3.05) is 13.1 Å². The second-order valence-electron chi connectivity index (χ2n) is 5.20. The van der Waals surface area contributed by atoms with Crippen LogP contribution in [-0.2, 0) is 6.54 Å². The van der Waals surface area contributed by atoms with Gasteiger partial charge in [-0.15, -0.1) is 0 Å². The molecule has 1 heteroatoms. The lowest BCUT2D eigenvalue weighted by atomic mass is 10.1. The van der Waals surface area contributed by atoms with Crippen LogP contribution in [0, 0.1) is 19.8 Å². The summed E-state index contributed by atoms with van der Waals surface area (Å²) >= 11 is 0. The van der Waals surface area contributed by atoms with Crippen LogP contribution in [0.5, 0.6) is 0 Å². The molecule has 88 valence electrons. The van der Waals surface area contributed by atoms with Crippen LogP contribution in [0.25, 0.3) is 0 Å². The van der Waals surface area contributed by atoms with E-state index in [0.29, 0.717) is 0 Å². The lowest BCUT2D eigenvalue weighted by Crippen LogP contribution is -2.25. The van der Waals surface area contributed by atoms with Gasteiger partial charge in [0.05, 0.1) is 0 Å². The number of benzene rings is 1. The van der Waals surface area contributed by atoms with Gasteiger partial charge in [-0.2, -0.15) is 0 Å². The van der Waals surface area contributed by atoms with Gasteiger partial charge in [0.2, 0.25) is 0 Å². The maximum atomic E-state index is 2.58. The first-order valence-electron chi connectivity index (χ1n) is 6.47. The van der Waals surface area contributed by atoms with E-state index >= 15 is 0 Å². The van der Waals surface area contributed by atoms with Gasteiger partial charge in [-0.05, 0) is 50.3 Å². The molecular formula is C15H23N. The SMILES string of the molecule is CCN(Cc1cc(C)ccc1C)CC1CC1. The number of nitrogens with zero attached hydrogens (tertiary/aromatic N) is 1. The van der Waals surface area contributed by atoms with Gasteiger partial charge in [0, 0.05) is 13.1 Å². The molecule has 16 heavy (non-hydrogen) atoms. The van der Waals surface area contributed by atoms with Crippen LogP contribution >= 0.6 is 0 Å². The Balaban J connectivity index is 2.01. The average molecular weight is 217 g/mol. The van der Waals surface area contributed by atoms with E-state index in [-0.39, 0.29) is 0 Å². The van der Waals surface area contributed by atoms with Crippen molar-refractivity contribution in [3.63, 3.8) is 0 Å². The molecule has 1 nitrogen and oxygen atoms in total. The molecule has 0 heterocycles. The quantitative estimate of drug-likeness (QED) is 0.729. The summed E-state index contributed by atoms with van der Waals surface area (Å²) in [6.07, 6.45) is 2.90. The maximum absolute atomic E-state index is 2.58. The Hall–Kier alpha value is -0.820. The molecule has 0 atom stereocenters. The van der Waals surface area contributed by atoms with Crippen LogP contribution in [0.3, 0.4) is 0 Å². The lowest BCUT2D eigenvalue weighted by Gasteiger charge is -2.21. The predicted octanol–water partition coefficient (Wildman–Crippen LogP) is 3.54. The lowest BCUT2D eigenvalue weighted by molar-refractivity contribution is 0.268. The fraction of sp³-hybridized carbons (Fsp3) is 0.600. The van der Waals surface area contributed by atoms with E-state index in [2.05, 4.69) is 43.9 Å². The van der Waals surface area contributed by atoms with Gasteiger partial charge in [-0.25, -0.2) is 0 Å². The van der Waals surface area contributed by atoms with Crippen molar-refractivity contribution in [2.45, 2.75) is 40.2 Å². The molecule has 1 aromatic rings. The minimum Gasteiger partial charge on any atom is -0.299 e. The Morgan fingerprint density at radius 3 is 2.62 bits per heavy atom. The molecule has 0 radical (unpaired) electrons. The molecule has 0 unspecified atom stereocenters. The van der Waals surface area contributed by atoms with E-state index in [1.54, 1.807) is 0 Å². The second kappa shape index (κ2) is 5.01. The third kappa shape index (κ3) is 3.08. The zero-order valence-electron chi connectivity index (χ0n) is 10.8. The van der Waals surface area contributed by atoms with Crippen molar-refractivity contribution >= 4 is 0 Å². The fourth-order valence-corrected chi connectivity index (χ4v) is 2.18. The van der Waals surface area contributed by atoms with Gasteiger partial charge in [0.1, 0.15) is 0 Å². The zero-order chi connectivity index (χ0) is 11.5. The molecule has 1 fully saturated rings. The van der Waals surface area contributed by atoms with Crippen LogP contribution < -0.4 is 0 Å². The van der Waals surface area contributed by atoms with Crippen molar-refractivity contribution in [1.29, 1.82) is 0 Å². The topological polar surface area (TPSA) is 3.24 Å². The molecule has 0 aromatic heterocycles. The van der Waals surface area contributed by atoms with Gasteiger partial charge in [-0.1, -0.05) is 30.7 Å². The van der Waals surface area contributed by atoms with Crippen molar-refractivity contribution in [3.05, 3.63) is 34.9 Å². The van der Waals surface area contributed by atoms with Crippen LogP contribution in [0.2, 0.25) is 0 Å². The van der Waals surface area contributed by atoms with E-state index in [1.807, 2.05) is 0 Å². The first-order valence-corrected chi connectivity index (χ1v) is 6.47. The Morgan fingerprint density at radius 2 is 2.00 bits per heavy atom. The monoisotopic (exact) mass is 217 g/mol. The molecule has 1 aliphatic carbocycles. The molecule has 1 aromatic carbocycles. The summed E-state index contributed by atoms with van der Waals surface area (Å²) in [6, 6.07) is 6.79. The van der Waals surface area contributed by atoms with Gasteiger partial charge in [0.15, 0.2) is 0 Å². The third-order valence-electron chi connectivity index (χ3n) is 3.56. The van der Waals surface area contributed by atoms with E-state index in [9.17, 15) is 0 Å². The van der Waals surface area contributed by atoms with Gasteiger partial charge >= 0.3 is 0 Å². The minimum atomic E-state index is 0.991. The smallest absolute Gasteiger partial charge is 0.0236 e. The highest BCUT2D eigenvalue weighted by Gasteiger charge is 2.23. The Labute approximate surface area is 99.5 Å². The summed E-state index contributed by atoms with van der Waals surface area (Å²) in [4.78, 5) is 2.58. The van der Waals surface area contributed by atoms with Crippen molar-refractivity contribution in [2.24, 2.45) is 5.92 Å². The molecule has 2 rings (SSSR count). The van der Waals surface area contributed by atoms with E-state index in [4.69, 9.17) is 0 Å². The molecule has 0 N–H and O–H groups in total. The molecule has 0 spiro atoms. The average Bonchev–Trinajstić information content (AvgIpc) is 3.06. The highest BCUT2D eigenvalue weighted by atomic mass is 15.1. The van der Waals surface area contributed by atoms with Gasteiger partial charge in [-0.3, -0.25) is 4.90 Å². The molecule has 0 bridgehead atoms. The molecule has 0 saturated heterocycles. The molecule has 1 aliphatic rings. The van der Waals surface area contributed by atoms with Crippen molar-refractivity contribution in [3.8, 4) is 0 Å². The van der Waals surface area contributed by atoms with Gasteiger partial charge < -0.3 is 0 Å². The molecule has 1 saturated carbocycles. The summed E-state index contributed by atoms with van der Waals surface area (Å²) in [7, 11) is 0. The standard InChI is InChI=1S/C15H23N/c1-4-16(10-14-7-8-14)11-15-9-12(2)5-6-13(15)3/h5-6,9,14H,4,7-8,10-11H2,1-3H3. The summed E-state index contributed by atoms with van der Waals surface area (Å²) in [5, 5.41) is 0. The summed E-state index contributed by atoms with van der Waals surface area (Å²) in [6.45, 7) is 10.3. The van der Waals surface area contributed by atoms with Crippen LogP contribution in [-0.4, -0.2) is 18.0 Å². The summed E-state index contributed by atoms with van der Waals surface area (Å²) in [5.74, 6) is 0.991. The maximum Gasteiger partial charge on any atom is 0.0236 e. The molecule has 0 amide bonds. The van der Waals surface area contributed by atoms with Crippen molar-refractivity contribution in [1.82, 2.24) is 4.90 Å². The van der Waals surface area contributed by atoms with Crippen molar-refractivity contribution < 1.29 is 0 Å². The largest absolute Gasteiger partial charge is 0.299 e. The number of hydrogen-bond donors (Lipinski definition) is 0. The van der Waals surface area contributed by atoms with E-state index in [1.165, 1.54) is 42.6 Å². The highest BCUT2D eigenvalue weighted by molar-refractivity contribution is 5.30. The van der Waals surface area contributed by atoms with E-state index in [0.717, 1.165) is 12.5 Å². The van der Waals surface area contributed by atoms with Crippen LogP contribution in [0.4, 0.5) is 0 Å². The highest BCUT2D eigenvalue weighted by Crippen LogP contribution is 2.30. The summed E-state index contributed by atoms with van der Waals surface area (Å²) in [5.41, 5.74) is 4.31. The number of aryl methyl sites for hydroxylation is 2. The van der Waals surface area contributed by atoms with Crippen LogP contribution in [0.15, 0.2) is 18.2 Å². The second-order valence-corrected chi connectivity index (χ2v) is 5.20. The molecular weight excluding hydrogens is 194 g/mol. The fourth-order valence-electron chi connectivity index (χ4n) is 2.18. The number of rotatable bonds is 5.